The number of carboxylic acids is 2. The van der Waals surface area contributed by atoms with E-state index in [4.69, 9.17) is 38.7 Å². The Bertz CT molecular complexity index is 1060. The Morgan fingerprint density at radius 3 is 1.97 bits per heavy atom. The van der Waals surface area contributed by atoms with Gasteiger partial charge in [-0.05, 0) is 23.3 Å². The topological polar surface area (TPSA) is 124 Å². The second-order valence-electron chi connectivity index (χ2n) is 8.07. The Hall–Kier alpha value is -3.92. The molecule has 9 heteroatoms. The number of hydrogen-bond acceptors (Lipinski definition) is 7. The lowest BCUT2D eigenvalue weighted by atomic mass is 9.91. The third kappa shape index (κ3) is 8.60. The van der Waals surface area contributed by atoms with Gasteiger partial charge in [0.05, 0.1) is 25.7 Å². The number of carbonyl (C=O) groups is 2. The molecule has 1 fully saturated rings. The number of ether oxygens (including phenoxy) is 4. The third-order valence-corrected chi connectivity index (χ3v) is 5.52. The van der Waals surface area contributed by atoms with Crippen molar-refractivity contribution in [2.24, 2.45) is 0 Å². The first-order valence-corrected chi connectivity index (χ1v) is 11.8. The van der Waals surface area contributed by atoms with Gasteiger partial charge in [0.15, 0.2) is 17.8 Å². The maximum atomic E-state index is 9.10. The second kappa shape index (κ2) is 14.6. The van der Waals surface area contributed by atoms with Crippen LogP contribution in [0, 0.1) is 0 Å². The number of nitrogens with one attached hydrogen (secondary N) is 1. The molecule has 37 heavy (non-hydrogen) atoms. The van der Waals surface area contributed by atoms with Crippen LogP contribution >= 0.6 is 0 Å². The number of carboxylic acid groups (broad SMARTS) is 2. The second-order valence-corrected chi connectivity index (χ2v) is 8.07. The van der Waals surface area contributed by atoms with E-state index in [-0.39, 0.29) is 18.3 Å². The molecule has 3 aromatic carbocycles. The molecule has 0 aromatic heterocycles. The highest BCUT2D eigenvalue weighted by atomic mass is 16.7. The van der Waals surface area contributed by atoms with Gasteiger partial charge in [0.1, 0.15) is 6.61 Å². The normalized spacial score (nSPS) is 16.5. The number of rotatable bonds is 10. The van der Waals surface area contributed by atoms with Crippen molar-refractivity contribution in [3.05, 3.63) is 96.1 Å². The van der Waals surface area contributed by atoms with Crippen LogP contribution in [0.5, 0.6) is 11.5 Å². The molecule has 2 atom stereocenters. The molecule has 0 spiro atoms. The minimum Gasteiger partial charge on any atom is -0.493 e. The van der Waals surface area contributed by atoms with Gasteiger partial charge in [-0.1, -0.05) is 72.8 Å². The molecule has 3 N–H and O–H groups in total. The summed E-state index contributed by atoms with van der Waals surface area (Å²) in [6.07, 6.45) is -0.299. The summed E-state index contributed by atoms with van der Waals surface area (Å²) in [5.41, 5.74) is 2.38. The number of aliphatic carboxylic acids is 2. The van der Waals surface area contributed by atoms with Crippen LogP contribution in [-0.2, 0) is 19.1 Å². The van der Waals surface area contributed by atoms with Crippen molar-refractivity contribution in [2.45, 2.75) is 18.3 Å². The largest absolute Gasteiger partial charge is 0.493 e. The zero-order chi connectivity index (χ0) is 26.5. The highest BCUT2D eigenvalue weighted by molar-refractivity contribution is 6.27. The predicted molar refractivity (Wildman–Crippen MR) is 136 cm³/mol. The van der Waals surface area contributed by atoms with E-state index >= 15 is 0 Å². The fourth-order valence-corrected chi connectivity index (χ4v) is 3.81. The Labute approximate surface area is 215 Å². The van der Waals surface area contributed by atoms with Gasteiger partial charge in [-0.3, -0.25) is 0 Å². The molecule has 0 bridgehead atoms. The summed E-state index contributed by atoms with van der Waals surface area (Å²) in [6, 6.07) is 28.5. The lowest BCUT2D eigenvalue weighted by Crippen LogP contribution is -2.32. The van der Waals surface area contributed by atoms with E-state index in [1.807, 2.05) is 36.4 Å². The van der Waals surface area contributed by atoms with Gasteiger partial charge in [-0.25, -0.2) is 9.59 Å². The van der Waals surface area contributed by atoms with Gasteiger partial charge in [0.25, 0.3) is 0 Å². The number of benzene rings is 3. The van der Waals surface area contributed by atoms with E-state index in [9.17, 15) is 0 Å². The van der Waals surface area contributed by atoms with Crippen LogP contribution in [0.3, 0.4) is 0 Å². The van der Waals surface area contributed by atoms with Crippen molar-refractivity contribution >= 4 is 11.9 Å². The van der Waals surface area contributed by atoms with E-state index in [2.05, 4.69) is 53.8 Å². The summed E-state index contributed by atoms with van der Waals surface area (Å²) in [4.78, 5) is 18.2. The Morgan fingerprint density at radius 2 is 1.43 bits per heavy atom. The molecular weight excluding hydrogens is 478 g/mol. The highest BCUT2D eigenvalue weighted by Gasteiger charge is 2.34. The molecule has 0 unspecified atom stereocenters. The first kappa shape index (κ1) is 27.7. The van der Waals surface area contributed by atoms with Gasteiger partial charge in [0, 0.05) is 13.1 Å². The van der Waals surface area contributed by atoms with E-state index in [0.29, 0.717) is 26.3 Å². The van der Waals surface area contributed by atoms with Gasteiger partial charge < -0.3 is 34.5 Å². The zero-order valence-electron chi connectivity index (χ0n) is 20.5. The molecule has 1 saturated heterocycles. The summed E-state index contributed by atoms with van der Waals surface area (Å²) < 4.78 is 23.5. The molecule has 0 saturated carbocycles. The maximum absolute atomic E-state index is 9.10. The molecule has 196 valence electrons. The Morgan fingerprint density at radius 1 is 0.892 bits per heavy atom. The van der Waals surface area contributed by atoms with Crippen LogP contribution in [0.15, 0.2) is 84.9 Å². The summed E-state index contributed by atoms with van der Waals surface area (Å²) in [5.74, 6) is -2.11. The SMILES string of the molecule is COc1ccccc1OCCNC[C@@H]1CO[C@H](C(c2ccccc2)c2ccccc2)O1.O=C(O)C(=O)O. The molecule has 0 radical (unpaired) electrons. The molecule has 1 aliphatic heterocycles. The summed E-state index contributed by atoms with van der Waals surface area (Å²) >= 11 is 0. The summed E-state index contributed by atoms with van der Waals surface area (Å²) in [6.45, 7) is 2.54. The van der Waals surface area contributed by atoms with E-state index < -0.39 is 11.9 Å². The quantitative estimate of drug-likeness (QED) is 0.279. The standard InChI is InChI=1S/C26H29NO4.C2H2O4/c1-28-23-14-8-9-15-24(23)29-17-16-27-18-22-19-30-26(31-22)25(20-10-4-2-5-11-20)21-12-6-3-7-13-21;3-1(4)2(5)6/h2-15,22,25-27H,16-19H2,1H3;(H,3,4)(H,5,6)/t22-,26+;/m1./s1. The fraction of sp³-hybridized carbons (Fsp3) is 0.286. The number of methoxy groups -OCH3 is 1. The molecule has 9 nitrogen and oxygen atoms in total. The predicted octanol–water partition coefficient (Wildman–Crippen LogP) is 3.39. The van der Waals surface area contributed by atoms with Crippen LogP contribution in [0.1, 0.15) is 17.0 Å². The highest BCUT2D eigenvalue weighted by Crippen LogP contribution is 2.33. The van der Waals surface area contributed by atoms with E-state index in [1.165, 1.54) is 11.1 Å². The molecular formula is C28H31NO8. The Kier molecular flexibility index (Phi) is 10.9. The van der Waals surface area contributed by atoms with Crippen molar-refractivity contribution in [3.63, 3.8) is 0 Å². The maximum Gasteiger partial charge on any atom is 0.414 e. The van der Waals surface area contributed by atoms with Crippen LogP contribution in [-0.4, -0.2) is 68.0 Å². The summed E-state index contributed by atoms with van der Waals surface area (Å²) in [5, 5.41) is 18.2. The van der Waals surface area contributed by atoms with Crippen molar-refractivity contribution in [2.75, 3.05) is 33.4 Å². The first-order valence-electron chi connectivity index (χ1n) is 11.8. The molecule has 3 aromatic rings. The monoisotopic (exact) mass is 509 g/mol. The molecule has 0 aliphatic carbocycles. The summed E-state index contributed by atoms with van der Waals surface area (Å²) in [7, 11) is 1.65. The minimum absolute atomic E-state index is 0.00573. The van der Waals surface area contributed by atoms with Gasteiger partial charge in [-0.15, -0.1) is 0 Å². The molecule has 0 amide bonds. The lowest BCUT2D eigenvalue weighted by molar-refractivity contribution is -0.159. The fourth-order valence-electron chi connectivity index (χ4n) is 3.81. The average Bonchev–Trinajstić information content (AvgIpc) is 3.38. The lowest BCUT2D eigenvalue weighted by Gasteiger charge is -2.24. The van der Waals surface area contributed by atoms with E-state index in [1.54, 1.807) is 7.11 Å². The van der Waals surface area contributed by atoms with Gasteiger partial charge >= 0.3 is 11.9 Å². The van der Waals surface area contributed by atoms with Crippen LogP contribution < -0.4 is 14.8 Å². The number of para-hydroxylation sites is 2. The first-order chi connectivity index (χ1) is 18.0. The molecule has 1 aliphatic rings. The van der Waals surface area contributed by atoms with Crippen LogP contribution in [0.25, 0.3) is 0 Å². The van der Waals surface area contributed by atoms with Gasteiger partial charge in [0.2, 0.25) is 0 Å². The zero-order valence-corrected chi connectivity index (χ0v) is 20.5. The third-order valence-electron chi connectivity index (χ3n) is 5.52. The van der Waals surface area contributed by atoms with Crippen LogP contribution in [0.2, 0.25) is 0 Å². The van der Waals surface area contributed by atoms with Crippen molar-refractivity contribution in [3.8, 4) is 11.5 Å². The molecule has 4 rings (SSSR count). The van der Waals surface area contributed by atoms with Gasteiger partial charge in [-0.2, -0.15) is 0 Å². The van der Waals surface area contributed by atoms with Crippen molar-refractivity contribution in [1.29, 1.82) is 0 Å². The smallest absolute Gasteiger partial charge is 0.414 e. The van der Waals surface area contributed by atoms with Crippen molar-refractivity contribution < 1.29 is 38.7 Å². The van der Waals surface area contributed by atoms with Crippen molar-refractivity contribution in [1.82, 2.24) is 5.32 Å². The minimum atomic E-state index is -1.82. The van der Waals surface area contributed by atoms with Crippen LogP contribution in [0.4, 0.5) is 0 Å². The number of hydrogen-bond donors (Lipinski definition) is 3. The van der Waals surface area contributed by atoms with E-state index in [0.717, 1.165) is 11.5 Å². The Balaban J connectivity index is 0.000000568. The average molecular weight is 510 g/mol. The molecule has 1 heterocycles.